The number of nitrogen functional groups attached to an aromatic ring is 1. The highest BCUT2D eigenvalue weighted by atomic mass is 35.5. The van der Waals surface area contributed by atoms with Crippen LogP contribution in [0.5, 0.6) is 0 Å². The molecular weight excluding hydrogens is 318 g/mol. The fourth-order valence-electron chi connectivity index (χ4n) is 2.56. The molecule has 1 amide bonds. The van der Waals surface area contributed by atoms with E-state index in [2.05, 4.69) is 14.9 Å². The van der Waals surface area contributed by atoms with E-state index in [-0.39, 0.29) is 6.09 Å². The number of amides is 1. The van der Waals surface area contributed by atoms with Crippen molar-refractivity contribution in [3.63, 3.8) is 0 Å². The van der Waals surface area contributed by atoms with Crippen LogP contribution in [-0.2, 0) is 4.74 Å². The van der Waals surface area contributed by atoms with Gasteiger partial charge in [0.1, 0.15) is 11.6 Å². The van der Waals surface area contributed by atoms with Crippen LogP contribution in [0, 0.1) is 0 Å². The van der Waals surface area contributed by atoms with Crippen LogP contribution in [0.1, 0.15) is 6.92 Å². The van der Waals surface area contributed by atoms with Crippen LogP contribution in [-0.4, -0.2) is 53.7 Å². The predicted octanol–water partition coefficient (Wildman–Crippen LogP) is 2.14. The molecule has 0 atom stereocenters. The molecule has 3 heterocycles. The number of nitrogens with two attached hydrogens (primary N) is 1. The lowest BCUT2D eigenvalue weighted by molar-refractivity contribution is 0.105. The van der Waals surface area contributed by atoms with Crippen LogP contribution in [0.3, 0.4) is 0 Å². The number of fused-ring (bicyclic) bond motifs is 1. The SMILES string of the molecule is CCOC(=O)N1CCN(c2cc(Cl)c3ccc(N)nc3n2)CC1. The molecule has 0 unspecified atom stereocenters. The number of carbonyl (C=O) groups excluding carboxylic acids is 1. The van der Waals surface area contributed by atoms with Crippen molar-refractivity contribution >= 4 is 40.4 Å². The Hall–Kier alpha value is -2.28. The van der Waals surface area contributed by atoms with Gasteiger partial charge in [0.15, 0.2) is 5.65 Å². The lowest BCUT2D eigenvalue weighted by Gasteiger charge is -2.34. The van der Waals surface area contributed by atoms with Crippen LogP contribution in [0.15, 0.2) is 18.2 Å². The molecule has 1 saturated heterocycles. The van der Waals surface area contributed by atoms with Crippen molar-refractivity contribution in [1.82, 2.24) is 14.9 Å². The van der Waals surface area contributed by atoms with Gasteiger partial charge in [0, 0.05) is 37.6 Å². The van der Waals surface area contributed by atoms with E-state index >= 15 is 0 Å². The number of ether oxygens (including phenoxy) is 1. The fraction of sp³-hybridized carbons (Fsp3) is 0.400. The quantitative estimate of drug-likeness (QED) is 0.905. The molecule has 23 heavy (non-hydrogen) atoms. The number of rotatable bonds is 2. The Labute approximate surface area is 139 Å². The Kier molecular flexibility index (Phi) is 4.38. The van der Waals surface area contributed by atoms with Gasteiger partial charge in [0.25, 0.3) is 0 Å². The van der Waals surface area contributed by atoms with E-state index in [1.807, 2.05) is 12.1 Å². The molecule has 3 rings (SSSR count). The zero-order valence-electron chi connectivity index (χ0n) is 12.8. The van der Waals surface area contributed by atoms with E-state index in [4.69, 9.17) is 22.1 Å². The lowest BCUT2D eigenvalue weighted by atomic mass is 10.2. The number of nitrogens with zero attached hydrogens (tertiary/aromatic N) is 4. The minimum atomic E-state index is -0.272. The van der Waals surface area contributed by atoms with Crippen molar-refractivity contribution in [3.8, 4) is 0 Å². The van der Waals surface area contributed by atoms with E-state index in [9.17, 15) is 4.79 Å². The first-order valence-electron chi connectivity index (χ1n) is 7.48. The van der Waals surface area contributed by atoms with Gasteiger partial charge in [0.05, 0.1) is 11.6 Å². The number of pyridine rings is 2. The first kappa shape index (κ1) is 15.6. The molecule has 0 bridgehead atoms. The van der Waals surface area contributed by atoms with Gasteiger partial charge >= 0.3 is 6.09 Å². The summed E-state index contributed by atoms with van der Waals surface area (Å²) in [6.45, 7) is 4.68. The fourth-order valence-corrected chi connectivity index (χ4v) is 2.81. The molecule has 2 aromatic heterocycles. The van der Waals surface area contributed by atoms with Gasteiger partial charge in [-0.2, -0.15) is 0 Å². The summed E-state index contributed by atoms with van der Waals surface area (Å²) < 4.78 is 5.02. The summed E-state index contributed by atoms with van der Waals surface area (Å²) in [7, 11) is 0. The third kappa shape index (κ3) is 3.24. The number of halogens is 1. The third-order valence-corrected chi connectivity index (χ3v) is 4.07. The lowest BCUT2D eigenvalue weighted by Crippen LogP contribution is -2.49. The molecule has 1 aliphatic rings. The van der Waals surface area contributed by atoms with E-state index in [1.54, 1.807) is 17.9 Å². The van der Waals surface area contributed by atoms with Crippen LogP contribution >= 0.6 is 11.6 Å². The molecule has 7 nitrogen and oxygen atoms in total. The summed E-state index contributed by atoms with van der Waals surface area (Å²) in [4.78, 5) is 24.3. The summed E-state index contributed by atoms with van der Waals surface area (Å²) in [5.41, 5.74) is 6.24. The maximum Gasteiger partial charge on any atom is 0.409 e. The minimum Gasteiger partial charge on any atom is -0.450 e. The summed E-state index contributed by atoms with van der Waals surface area (Å²) in [5.74, 6) is 1.15. The number of hydrogen-bond donors (Lipinski definition) is 1. The topological polar surface area (TPSA) is 84.6 Å². The Morgan fingerprint density at radius 1 is 1.30 bits per heavy atom. The second-order valence-corrected chi connectivity index (χ2v) is 5.65. The van der Waals surface area contributed by atoms with Gasteiger partial charge in [-0.15, -0.1) is 0 Å². The predicted molar refractivity (Wildman–Crippen MR) is 89.8 cm³/mol. The van der Waals surface area contributed by atoms with Gasteiger partial charge in [-0.3, -0.25) is 0 Å². The van der Waals surface area contributed by atoms with E-state index < -0.39 is 0 Å². The highest BCUT2D eigenvalue weighted by Gasteiger charge is 2.23. The molecular formula is C15H18ClN5O2. The Morgan fingerprint density at radius 3 is 2.74 bits per heavy atom. The van der Waals surface area contributed by atoms with Gasteiger partial charge in [-0.25, -0.2) is 14.8 Å². The Balaban J connectivity index is 1.78. The number of piperazine rings is 1. The molecule has 0 aromatic carbocycles. The maximum absolute atomic E-state index is 11.7. The van der Waals surface area contributed by atoms with Crippen molar-refractivity contribution in [2.24, 2.45) is 0 Å². The van der Waals surface area contributed by atoms with E-state index in [1.165, 1.54) is 0 Å². The van der Waals surface area contributed by atoms with Gasteiger partial charge < -0.3 is 20.3 Å². The second-order valence-electron chi connectivity index (χ2n) is 5.24. The minimum absolute atomic E-state index is 0.272. The monoisotopic (exact) mass is 335 g/mol. The van der Waals surface area contributed by atoms with Crippen molar-refractivity contribution in [2.75, 3.05) is 43.4 Å². The molecule has 2 aromatic rings. The molecule has 0 aliphatic carbocycles. The number of carbonyl (C=O) groups is 1. The van der Waals surface area contributed by atoms with Crippen molar-refractivity contribution in [3.05, 3.63) is 23.2 Å². The van der Waals surface area contributed by atoms with Crippen LogP contribution in [0.2, 0.25) is 5.02 Å². The van der Waals surface area contributed by atoms with Crippen molar-refractivity contribution < 1.29 is 9.53 Å². The normalized spacial score (nSPS) is 15.0. The molecule has 0 radical (unpaired) electrons. The Bertz CT molecular complexity index is 731. The van der Waals surface area contributed by atoms with Gasteiger partial charge in [0.2, 0.25) is 0 Å². The zero-order valence-corrected chi connectivity index (χ0v) is 13.6. The summed E-state index contributed by atoms with van der Waals surface area (Å²) >= 11 is 6.32. The first-order valence-corrected chi connectivity index (χ1v) is 7.85. The van der Waals surface area contributed by atoms with Crippen LogP contribution in [0.25, 0.3) is 11.0 Å². The summed E-state index contributed by atoms with van der Waals surface area (Å²) in [5, 5.41) is 1.36. The third-order valence-electron chi connectivity index (χ3n) is 3.76. The van der Waals surface area contributed by atoms with Crippen LogP contribution in [0.4, 0.5) is 16.4 Å². The number of aromatic nitrogens is 2. The maximum atomic E-state index is 11.7. The highest BCUT2D eigenvalue weighted by Crippen LogP contribution is 2.27. The molecule has 0 saturated carbocycles. The molecule has 0 spiro atoms. The van der Waals surface area contributed by atoms with Gasteiger partial charge in [-0.05, 0) is 19.1 Å². The number of hydrogen-bond acceptors (Lipinski definition) is 6. The Morgan fingerprint density at radius 2 is 2.04 bits per heavy atom. The van der Waals surface area contributed by atoms with E-state index in [0.29, 0.717) is 49.3 Å². The molecule has 8 heteroatoms. The number of anilines is 2. The van der Waals surface area contributed by atoms with Crippen LogP contribution < -0.4 is 10.6 Å². The highest BCUT2D eigenvalue weighted by molar-refractivity contribution is 6.35. The standard InChI is InChI=1S/C15H18ClN5O2/c1-2-23-15(22)21-7-5-20(6-8-21)13-9-11(16)10-3-4-12(17)18-14(10)19-13/h3-4,9H,2,5-8H2,1H3,(H2,17,18,19). The molecule has 122 valence electrons. The van der Waals surface area contributed by atoms with Crippen molar-refractivity contribution in [1.29, 1.82) is 0 Å². The summed E-state index contributed by atoms with van der Waals surface area (Å²) in [6, 6.07) is 5.34. The van der Waals surface area contributed by atoms with Gasteiger partial charge in [-0.1, -0.05) is 11.6 Å². The smallest absolute Gasteiger partial charge is 0.409 e. The van der Waals surface area contributed by atoms with E-state index in [0.717, 1.165) is 11.2 Å². The molecule has 2 N–H and O–H groups in total. The second kappa shape index (κ2) is 6.45. The first-order chi connectivity index (χ1) is 11.1. The average molecular weight is 336 g/mol. The van der Waals surface area contributed by atoms with Crippen molar-refractivity contribution in [2.45, 2.75) is 6.92 Å². The zero-order chi connectivity index (χ0) is 16.4. The largest absolute Gasteiger partial charge is 0.450 e. The summed E-state index contributed by atoms with van der Waals surface area (Å²) in [6.07, 6.45) is -0.272. The molecule has 1 fully saturated rings. The molecule has 1 aliphatic heterocycles. The average Bonchev–Trinajstić information content (AvgIpc) is 2.54.